The molecule has 6 aromatic heterocycles. The molecule has 5 aromatic carbocycles. The Bertz CT molecular complexity index is 4800. The van der Waals surface area contributed by atoms with E-state index in [1.165, 1.54) is 38.2 Å². The maximum atomic E-state index is 14.4. The fourth-order valence-corrected chi connectivity index (χ4v) is 16.5. The lowest BCUT2D eigenvalue weighted by Crippen LogP contribution is -2.31. The van der Waals surface area contributed by atoms with Crippen LogP contribution in [0.4, 0.5) is 55.6 Å². The standard InChI is InChI=1S/C19H16ClF3N2O3S2.C13H15FN2OS.C9H10O2.C6H2Cl2F2O2S.C5H6BrNS.C5H6FNS.C4H5BrN2S.C4H5FN2S.C4H8O.C2H6/c1-10-6-13(28-3)5-4-12(10)9-25(19-24-11(2)18(23)29-19)30(26,27)17-7-14(20)15(21)8-16(17)22;1-8-6-11(17-3)5-4-10(8)7-15-13-16-9(2)12(14)18-13;1-7-3-4-8(6-10)9(5-7)11-2;7-3-1-6(13(8,11)12)5(10)2-4(3)9;2*1-3-5(6)8-4(2)7-3;2*1-2-3(5)8-4(6)7-2;1-2-4-5-3-1;1-2/h4-8H,9H2,1-3H3;4-6H,7H2,1-3H3,(H,15,16);3-6H,1-2H3;1-2H;2*1-2H3;2*1H3,(H2,6,7);1-4H2;1-2H3/i;;;;;;;;;1D. The van der Waals surface area contributed by atoms with Crippen LogP contribution in [-0.2, 0) is 36.9 Å². The number of ether oxygens (including phenoxy) is 4. The first kappa shape index (κ1) is 96.6. The number of nitrogens with one attached hydrogen (secondary N) is 1. The number of hydrogen-bond donors (Lipinski definition) is 3. The molecule has 0 aliphatic carbocycles. The number of carbonyl (C=O) groups is 1. The number of aldehydes is 1. The summed E-state index contributed by atoms with van der Waals surface area (Å²) < 4.78 is 182. The van der Waals surface area contributed by atoms with E-state index in [1.807, 2.05) is 65.0 Å². The Morgan fingerprint density at radius 1 is 0.559 bits per heavy atom. The molecule has 1 saturated heterocycles. The molecule has 11 aromatic rings. The zero-order valence-electron chi connectivity index (χ0n) is 63.2. The Morgan fingerprint density at radius 3 is 1.35 bits per heavy atom. The smallest absolute Gasteiger partial charge is 0.269 e. The van der Waals surface area contributed by atoms with Gasteiger partial charge in [-0.2, -0.15) is 17.6 Å². The highest BCUT2D eigenvalue weighted by Gasteiger charge is 2.33. The number of nitrogens with zero attached hydrogens (tertiary/aromatic N) is 7. The summed E-state index contributed by atoms with van der Waals surface area (Å²) in [6.45, 7) is 24.4. The van der Waals surface area contributed by atoms with E-state index in [1.54, 1.807) is 91.4 Å². The van der Waals surface area contributed by atoms with Gasteiger partial charge in [0.05, 0.1) is 95.2 Å². The van der Waals surface area contributed by atoms with Crippen LogP contribution in [-0.4, -0.2) is 87.6 Å². The first-order chi connectivity index (χ1) is 52.4. The highest BCUT2D eigenvalue weighted by molar-refractivity contribution is 9.11. The molecule has 0 bridgehead atoms. The van der Waals surface area contributed by atoms with Crippen molar-refractivity contribution in [3.8, 4) is 17.2 Å². The minimum atomic E-state index is -4.60. The quantitative estimate of drug-likeness (QED) is 0.0419. The van der Waals surface area contributed by atoms with Crippen molar-refractivity contribution in [2.24, 2.45) is 0 Å². The van der Waals surface area contributed by atoms with Gasteiger partial charge in [-0.25, -0.2) is 68.6 Å². The maximum Gasteiger partial charge on any atom is 0.269 e. The molecule has 0 radical (unpaired) electrons. The number of benzene rings is 5. The van der Waals surface area contributed by atoms with Crippen LogP contribution in [0.5, 0.6) is 17.2 Å². The van der Waals surface area contributed by atoms with Crippen LogP contribution in [0, 0.1) is 120 Å². The van der Waals surface area contributed by atoms with Crippen molar-refractivity contribution < 1.29 is 77.1 Å². The van der Waals surface area contributed by atoms with Crippen molar-refractivity contribution in [2.45, 2.75) is 126 Å². The first-order valence-corrected chi connectivity index (χ1v) is 42.9. The molecule has 0 atom stereocenters. The molecule has 0 amide bonds. The maximum absolute atomic E-state index is 14.4. The SMILES string of the molecule is C1CCOC1.COc1cc(C)ccc1C=O.COc1ccc(CN(c2nc(C)c(F)s2)S(=O)(=O)c2cc(Cl)c(F)cc2F)c(C)c1.COc1ccc(CNc2nc(C)c(F)s2)c(C)c1.Cc1nc(C)c(Br)s1.Cc1nc(C)c(F)s1.Cc1nc(N)sc1Br.Cc1nc(N)sc1F.O=S(=O)(Cl)c1cc(Cl)c(F)cc1F.[2H]CC. The molecule has 19 nitrogen and oxygen atoms in total. The third-order valence-electron chi connectivity index (χ3n) is 13.9. The van der Waals surface area contributed by atoms with Crippen LogP contribution in [0.1, 0.15) is 110 Å². The van der Waals surface area contributed by atoms with Gasteiger partial charge in [0.25, 0.3) is 19.1 Å². The molecule has 1 aliphatic heterocycles. The molecule has 40 heteroatoms. The largest absolute Gasteiger partial charge is 0.497 e. The number of hydrogen-bond acceptors (Lipinski definition) is 24. The van der Waals surface area contributed by atoms with Gasteiger partial charge < -0.3 is 35.7 Å². The number of nitrogen functional groups attached to an aromatic ring is 2. The summed E-state index contributed by atoms with van der Waals surface area (Å²) >= 11 is 24.2. The summed E-state index contributed by atoms with van der Waals surface area (Å²) in [6, 6.07) is 18.4. The third kappa shape index (κ3) is 32.6. The van der Waals surface area contributed by atoms with Crippen LogP contribution in [0.25, 0.3) is 0 Å². The summed E-state index contributed by atoms with van der Waals surface area (Å²) in [5, 5.41) is 3.95. The van der Waals surface area contributed by atoms with Gasteiger partial charge in [-0.3, -0.25) is 4.79 Å². The number of aromatic nitrogens is 6. The van der Waals surface area contributed by atoms with E-state index in [0.29, 0.717) is 110 Å². The van der Waals surface area contributed by atoms with Crippen molar-refractivity contribution in [3.05, 3.63) is 218 Å². The molecule has 606 valence electrons. The van der Waals surface area contributed by atoms with Gasteiger partial charge in [0.2, 0.25) is 20.5 Å². The molecular weight excluding hydrogens is 1810 g/mol. The van der Waals surface area contributed by atoms with Crippen LogP contribution in [0.3, 0.4) is 0 Å². The lowest BCUT2D eigenvalue weighted by molar-refractivity contribution is 0.112. The highest BCUT2D eigenvalue weighted by atomic mass is 79.9. The van der Waals surface area contributed by atoms with E-state index < -0.39 is 67.3 Å². The predicted octanol–water partition coefficient (Wildman–Crippen LogP) is 22.3. The molecule has 111 heavy (non-hydrogen) atoms. The minimum absolute atomic E-state index is 0.000682. The number of sulfonamides is 1. The molecular formula is C71H79Br2Cl3F8N10O9S8. The second-order valence-electron chi connectivity index (χ2n) is 22.2. The van der Waals surface area contributed by atoms with Gasteiger partial charge in [-0.1, -0.05) is 112 Å². The van der Waals surface area contributed by atoms with Crippen molar-refractivity contribution in [2.75, 3.05) is 55.6 Å². The molecule has 0 saturated carbocycles. The second-order valence-corrected chi connectivity index (χ2v) is 36.3. The Morgan fingerprint density at radius 2 is 1.01 bits per heavy atom. The summed E-state index contributed by atoms with van der Waals surface area (Å²) in [7, 11) is 0.709. The minimum Gasteiger partial charge on any atom is -0.497 e. The Kier molecular flexibility index (Phi) is 41.7. The van der Waals surface area contributed by atoms with Gasteiger partial charge in [0.1, 0.15) is 50.3 Å². The van der Waals surface area contributed by atoms with Crippen LogP contribution in [0.2, 0.25) is 10.0 Å². The molecule has 0 spiro atoms. The summed E-state index contributed by atoms with van der Waals surface area (Å²) in [4.78, 5) is 32.4. The fraction of sp³-hybridized carbons (Fsp3) is 0.310. The third-order valence-corrected chi connectivity index (χ3v) is 24.9. The van der Waals surface area contributed by atoms with Gasteiger partial charge in [-0.05, 0) is 197 Å². The van der Waals surface area contributed by atoms with Crippen LogP contribution < -0.4 is 35.3 Å². The first-order valence-electron chi connectivity index (χ1n) is 32.6. The van der Waals surface area contributed by atoms with E-state index in [0.717, 1.165) is 109 Å². The number of methoxy groups -OCH3 is 3. The second kappa shape index (κ2) is 47.8. The summed E-state index contributed by atoms with van der Waals surface area (Å²) in [5.41, 5.74) is 19.1. The number of aryl methyl sites for hydroxylation is 11. The van der Waals surface area contributed by atoms with E-state index in [4.69, 9.17) is 65.7 Å². The summed E-state index contributed by atoms with van der Waals surface area (Å²) in [6.07, 6.45) is 3.35. The topological polar surface area (TPSA) is 267 Å². The average Bonchev–Trinajstić information content (AvgIpc) is 1.30. The Hall–Kier alpha value is -6.72. The Labute approximate surface area is 696 Å². The number of halogens is 13. The van der Waals surface area contributed by atoms with Crippen molar-refractivity contribution in [3.63, 3.8) is 0 Å². The molecule has 1 fully saturated rings. The molecule has 7 heterocycles. The lowest BCUT2D eigenvalue weighted by Gasteiger charge is -2.23. The number of anilines is 4. The van der Waals surface area contributed by atoms with Crippen molar-refractivity contribution in [1.29, 1.82) is 0 Å². The van der Waals surface area contributed by atoms with Gasteiger partial charge in [-0.15, -0.1) is 11.3 Å². The average molecular weight is 1890 g/mol. The number of thiazole rings is 6. The molecule has 12 rings (SSSR count). The fourth-order valence-electron chi connectivity index (χ4n) is 8.22. The van der Waals surface area contributed by atoms with E-state index in [-0.39, 0.29) is 32.8 Å². The van der Waals surface area contributed by atoms with Gasteiger partial charge in [0.15, 0.2) is 26.8 Å². The van der Waals surface area contributed by atoms with Crippen LogP contribution in [0.15, 0.2) is 96.2 Å². The van der Waals surface area contributed by atoms with E-state index in [9.17, 15) is 56.8 Å². The normalized spacial score (nSPS) is 11.2. The predicted molar refractivity (Wildman–Crippen MR) is 441 cm³/mol. The summed E-state index contributed by atoms with van der Waals surface area (Å²) in [5.74, 6) is -2.67. The van der Waals surface area contributed by atoms with E-state index in [2.05, 4.69) is 67.1 Å². The van der Waals surface area contributed by atoms with Crippen molar-refractivity contribution >= 4 is 180 Å². The highest BCUT2D eigenvalue weighted by Crippen LogP contribution is 2.36. The van der Waals surface area contributed by atoms with Gasteiger partial charge in [0, 0.05) is 43.9 Å². The van der Waals surface area contributed by atoms with E-state index >= 15 is 0 Å². The van der Waals surface area contributed by atoms with Crippen LogP contribution >= 0.6 is 134 Å². The van der Waals surface area contributed by atoms with Gasteiger partial charge >= 0.3 is 0 Å². The lowest BCUT2D eigenvalue weighted by atomic mass is 10.1. The molecule has 5 N–H and O–H groups in total. The zero-order valence-corrected chi connectivity index (χ0v) is 74.1. The Balaban J connectivity index is 0.000000344. The number of carbonyl (C=O) groups excluding carboxylic acids is 1. The molecule has 0 unspecified atom stereocenters. The van der Waals surface area contributed by atoms with Crippen molar-refractivity contribution in [1.82, 2.24) is 29.9 Å². The zero-order chi connectivity index (χ0) is 84.7. The monoisotopic (exact) mass is 1890 g/mol. The molecule has 1 aliphatic rings. The number of nitrogens with two attached hydrogens (primary N) is 2. The number of rotatable bonds is 13.